The lowest BCUT2D eigenvalue weighted by molar-refractivity contribution is 0.0591. The average Bonchev–Trinajstić information content (AvgIpc) is 2.77. The van der Waals surface area contributed by atoms with E-state index in [4.69, 9.17) is 16.3 Å². The van der Waals surface area contributed by atoms with Crippen LogP contribution in [0.4, 0.5) is 0 Å². The van der Waals surface area contributed by atoms with Crippen LogP contribution in [-0.2, 0) is 4.74 Å². The fourth-order valence-electron chi connectivity index (χ4n) is 1.54. The van der Waals surface area contributed by atoms with Gasteiger partial charge in [0.1, 0.15) is 5.69 Å². The summed E-state index contributed by atoms with van der Waals surface area (Å²) < 4.78 is 7.29. The molecule has 3 nitrogen and oxygen atoms in total. The number of halogens is 2. The molecule has 17 heavy (non-hydrogen) atoms. The van der Waals surface area contributed by atoms with Gasteiger partial charge in [-0.3, -0.25) is 0 Å². The molecule has 0 aliphatic carbocycles. The van der Waals surface area contributed by atoms with Gasteiger partial charge in [0.2, 0.25) is 0 Å². The average molecular weight is 315 g/mol. The fourth-order valence-corrected chi connectivity index (χ4v) is 2.30. The molecule has 0 saturated heterocycles. The Morgan fingerprint density at radius 2 is 2.18 bits per heavy atom. The number of rotatable bonds is 2. The van der Waals surface area contributed by atoms with Crippen molar-refractivity contribution in [2.75, 3.05) is 7.11 Å². The molecule has 88 valence electrons. The van der Waals surface area contributed by atoms with Gasteiger partial charge in [0, 0.05) is 10.7 Å². The molecule has 0 bridgehead atoms. The first kappa shape index (κ1) is 12.2. The summed E-state index contributed by atoms with van der Waals surface area (Å²) in [5.74, 6) is -0.394. The van der Waals surface area contributed by atoms with Gasteiger partial charge in [0.15, 0.2) is 0 Å². The van der Waals surface area contributed by atoms with Crippen LogP contribution < -0.4 is 0 Å². The quantitative estimate of drug-likeness (QED) is 0.792. The number of ether oxygens (including phenoxy) is 1. The van der Waals surface area contributed by atoms with Gasteiger partial charge in [0.25, 0.3) is 0 Å². The third-order valence-corrected chi connectivity index (χ3v) is 3.11. The maximum atomic E-state index is 11.6. The van der Waals surface area contributed by atoms with Gasteiger partial charge >= 0.3 is 5.97 Å². The lowest BCUT2D eigenvalue weighted by Crippen LogP contribution is -2.08. The van der Waals surface area contributed by atoms with Crippen LogP contribution in [0, 0.1) is 0 Å². The van der Waals surface area contributed by atoms with Gasteiger partial charge in [-0.1, -0.05) is 27.5 Å². The topological polar surface area (TPSA) is 31.2 Å². The van der Waals surface area contributed by atoms with Crippen molar-refractivity contribution in [3.8, 4) is 5.69 Å². The molecule has 0 N–H and O–H groups in total. The van der Waals surface area contributed by atoms with Crippen LogP contribution in [0.5, 0.6) is 0 Å². The van der Waals surface area contributed by atoms with Gasteiger partial charge in [-0.25, -0.2) is 4.79 Å². The molecule has 0 atom stereocenters. The Morgan fingerprint density at radius 1 is 1.41 bits per heavy atom. The lowest BCUT2D eigenvalue weighted by atomic mass is 10.3. The highest BCUT2D eigenvalue weighted by atomic mass is 79.9. The van der Waals surface area contributed by atoms with E-state index >= 15 is 0 Å². The first-order valence-corrected chi connectivity index (χ1v) is 6.01. The SMILES string of the molecule is COC(=O)c1cccn1-c1ccc(Br)cc1Cl. The molecule has 0 fully saturated rings. The molecule has 0 aliphatic rings. The van der Waals surface area contributed by atoms with Crippen molar-refractivity contribution in [1.82, 2.24) is 4.57 Å². The van der Waals surface area contributed by atoms with Crippen LogP contribution in [0.2, 0.25) is 5.02 Å². The van der Waals surface area contributed by atoms with Gasteiger partial charge in [-0.05, 0) is 30.3 Å². The number of nitrogens with zero attached hydrogens (tertiary/aromatic N) is 1. The second kappa shape index (κ2) is 4.94. The van der Waals surface area contributed by atoms with Crippen LogP contribution in [0.1, 0.15) is 10.5 Å². The van der Waals surface area contributed by atoms with E-state index in [9.17, 15) is 4.79 Å². The summed E-state index contributed by atoms with van der Waals surface area (Å²) >= 11 is 9.47. The molecular weight excluding hydrogens is 305 g/mol. The Labute approximate surface area is 112 Å². The standard InChI is InChI=1S/C12H9BrClNO2/c1-17-12(16)11-3-2-6-15(11)10-5-4-8(13)7-9(10)14/h2-7H,1H3. The molecule has 0 spiro atoms. The smallest absolute Gasteiger partial charge is 0.355 e. The van der Waals surface area contributed by atoms with Crippen LogP contribution in [0.3, 0.4) is 0 Å². The molecule has 0 saturated carbocycles. The summed E-state index contributed by atoms with van der Waals surface area (Å²) in [6.45, 7) is 0. The van der Waals surface area contributed by atoms with E-state index in [1.54, 1.807) is 29.0 Å². The van der Waals surface area contributed by atoms with E-state index in [2.05, 4.69) is 15.9 Å². The third kappa shape index (κ3) is 2.37. The monoisotopic (exact) mass is 313 g/mol. The number of hydrogen-bond donors (Lipinski definition) is 0. The summed E-state index contributed by atoms with van der Waals surface area (Å²) in [6.07, 6.45) is 1.77. The highest BCUT2D eigenvalue weighted by Crippen LogP contribution is 2.26. The lowest BCUT2D eigenvalue weighted by Gasteiger charge is -2.09. The van der Waals surface area contributed by atoms with E-state index in [1.165, 1.54) is 7.11 Å². The molecule has 1 aromatic carbocycles. The van der Waals surface area contributed by atoms with Crippen molar-refractivity contribution in [2.45, 2.75) is 0 Å². The fraction of sp³-hybridized carbons (Fsp3) is 0.0833. The number of benzene rings is 1. The predicted molar refractivity (Wildman–Crippen MR) is 69.8 cm³/mol. The van der Waals surface area contributed by atoms with Crippen LogP contribution in [0.15, 0.2) is 41.0 Å². The van der Waals surface area contributed by atoms with Crippen molar-refractivity contribution in [1.29, 1.82) is 0 Å². The second-order valence-corrected chi connectivity index (χ2v) is 4.67. The number of methoxy groups -OCH3 is 1. The molecule has 0 amide bonds. The number of esters is 1. The van der Waals surface area contributed by atoms with Gasteiger partial charge in [0.05, 0.1) is 17.8 Å². The molecule has 0 radical (unpaired) electrons. The minimum atomic E-state index is -0.394. The second-order valence-electron chi connectivity index (χ2n) is 3.35. The van der Waals surface area contributed by atoms with Gasteiger partial charge in [-0.15, -0.1) is 0 Å². The summed E-state index contributed by atoms with van der Waals surface area (Å²) in [4.78, 5) is 11.6. The Balaban J connectivity index is 2.53. The zero-order chi connectivity index (χ0) is 12.4. The number of hydrogen-bond acceptors (Lipinski definition) is 2. The summed E-state index contributed by atoms with van der Waals surface area (Å²) in [5, 5.41) is 0.556. The normalized spacial score (nSPS) is 10.3. The Kier molecular flexibility index (Phi) is 3.54. The van der Waals surface area contributed by atoms with Crippen LogP contribution >= 0.6 is 27.5 Å². The molecule has 2 aromatic rings. The summed E-state index contributed by atoms with van der Waals surface area (Å²) in [7, 11) is 1.35. The first-order chi connectivity index (χ1) is 8.13. The number of carbonyl (C=O) groups excluding carboxylic acids is 1. The Morgan fingerprint density at radius 3 is 2.82 bits per heavy atom. The van der Waals surface area contributed by atoms with Gasteiger partial charge in [-0.2, -0.15) is 0 Å². The maximum absolute atomic E-state index is 11.6. The largest absolute Gasteiger partial charge is 0.464 e. The van der Waals surface area contributed by atoms with Gasteiger partial charge < -0.3 is 9.30 Å². The van der Waals surface area contributed by atoms with Crippen LogP contribution in [-0.4, -0.2) is 17.6 Å². The molecule has 1 aromatic heterocycles. The molecule has 0 aliphatic heterocycles. The number of aromatic nitrogens is 1. The molecular formula is C12H9BrClNO2. The summed E-state index contributed by atoms with van der Waals surface area (Å²) in [5.41, 5.74) is 1.18. The first-order valence-electron chi connectivity index (χ1n) is 4.84. The van der Waals surface area contributed by atoms with E-state index in [0.717, 1.165) is 10.2 Å². The maximum Gasteiger partial charge on any atom is 0.355 e. The Hall–Kier alpha value is -1.26. The minimum Gasteiger partial charge on any atom is -0.464 e. The van der Waals surface area contributed by atoms with E-state index in [1.807, 2.05) is 12.1 Å². The molecule has 0 unspecified atom stereocenters. The van der Waals surface area contributed by atoms with E-state index in [0.29, 0.717) is 10.7 Å². The summed E-state index contributed by atoms with van der Waals surface area (Å²) in [6, 6.07) is 8.92. The van der Waals surface area contributed by atoms with E-state index in [-0.39, 0.29) is 0 Å². The van der Waals surface area contributed by atoms with Crippen LogP contribution in [0.25, 0.3) is 5.69 Å². The minimum absolute atomic E-state index is 0.394. The number of carbonyl (C=O) groups is 1. The highest BCUT2D eigenvalue weighted by Gasteiger charge is 2.13. The van der Waals surface area contributed by atoms with Crippen molar-refractivity contribution >= 4 is 33.5 Å². The Bertz CT molecular complexity index is 565. The van der Waals surface area contributed by atoms with Crippen molar-refractivity contribution in [3.63, 3.8) is 0 Å². The van der Waals surface area contributed by atoms with E-state index < -0.39 is 5.97 Å². The van der Waals surface area contributed by atoms with Crippen molar-refractivity contribution in [2.24, 2.45) is 0 Å². The van der Waals surface area contributed by atoms with Crippen molar-refractivity contribution in [3.05, 3.63) is 51.7 Å². The molecule has 1 heterocycles. The zero-order valence-electron chi connectivity index (χ0n) is 8.98. The van der Waals surface area contributed by atoms with Crippen molar-refractivity contribution < 1.29 is 9.53 Å². The highest BCUT2D eigenvalue weighted by molar-refractivity contribution is 9.10. The predicted octanol–water partition coefficient (Wildman–Crippen LogP) is 3.68. The zero-order valence-corrected chi connectivity index (χ0v) is 11.3. The molecule has 5 heteroatoms. The molecule has 2 rings (SSSR count). The third-order valence-electron chi connectivity index (χ3n) is 2.31.